The van der Waals surface area contributed by atoms with Crippen molar-refractivity contribution in [3.63, 3.8) is 0 Å². The van der Waals surface area contributed by atoms with Crippen LogP contribution in [0, 0.1) is 13.8 Å². The lowest BCUT2D eigenvalue weighted by Gasteiger charge is -2.36. The number of ether oxygens (including phenoxy) is 1. The highest BCUT2D eigenvalue weighted by Gasteiger charge is 2.36. The van der Waals surface area contributed by atoms with E-state index in [0.29, 0.717) is 0 Å². The second-order valence-corrected chi connectivity index (χ2v) is 4.74. The number of aliphatic hydroxyl groups is 1. The van der Waals surface area contributed by atoms with Gasteiger partial charge < -0.3 is 9.84 Å². The molecular weight excluding hydrogens is 212 g/mol. The highest BCUT2D eigenvalue weighted by molar-refractivity contribution is 5.33. The molecule has 0 fully saturated rings. The van der Waals surface area contributed by atoms with E-state index in [4.69, 9.17) is 4.74 Å². The second kappa shape index (κ2) is 5.65. The minimum atomic E-state index is -0.567. The van der Waals surface area contributed by atoms with E-state index in [1.807, 2.05) is 19.1 Å². The molecule has 0 heterocycles. The predicted octanol–water partition coefficient (Wildman–Crippen LogP) is 3.54. The van der Waals surface area contributed by atoms with Crippen LogP contribution in [0.5, 0.6) is 0 Å². The molecule has 0 saturated heterocycles. The van der Waals surface area contributed by atoms with Gasteiger partial charge in [0.2, 0.25) is 0 Å². The van der Waals surface area contributed by atoms with Crippen molar-refractivity contribution in [2.45, 2.75) is 52.2 Å². The molecule has 2 nitrogen and oxygen atoms in total. The van der Waals surface area contributed by atoms with Gasteiger partial charge in [0, 0.05) is 7.11 Å². The maximum absolute atomic E-state index is 10.6. The Morgan fingerprint density at radius 3 is 2.24 bits per heavy atom. The quantitative estimate of drug-likeness (QED) is 0.847. The van der Waals surface area contributed by atoms with Crippen LogP contribution in [-0.2, 0) is 4.74 Å². The van der Waals surface area contributed by atoms with Crippen molar-refractivity contribution in [2.24, 2.45) is 0 Å². The number of hydrogen-bond acceptors (Lipinski definition) is 2. The van der Waals surface area contributed by atoms with E-state index in [0.717, 1.165) is 24.0 Å². The molecule has 0 radical (unpaired) electrons. The Labute approximate surface area is 105 Å². The highest BCUT2D eigenvalue weighted by Crippen LogP contribution is 2.36. The first-order chi connectivity index (χ1) is 8.00. The molecule has 1 unspecified atom stereocenters. The van der Waals surface area contributed by atoms with E-state index in [1.165, 1.54) is 5.56 Å². The molecule has 1 rings (SSSR count). The minimum Gasteiger partial charge on any atom is -0.385 e. The fourth-order valence-corrected chi connectivity index (χ4v) is 2.45. The topological polar surface area (TPSA) is 29.5 Å². The standard InChI is InChI=1S/C15H24O2/c1-6-15(7-2,17-5)14(16)13-9-8-11(3)10-12(13)4/h8-10,14,16H,6-7H2,1-5H3. The number of methoxy groups -OCH3 is 1. The van der Waals surface area contributed by atoms with Crippen molar-refractivity contribution in [1.29, 1.82) is 0 Å². The van der Waals surface area contributed by atoms with Gasteiger partial charge in [-0.25, -0.2) is 0 Å². The predicted molar refractivity (Wildman–Crippen MR) is 71.2 cm³/mol. The fourth-order valence-electron chi connectivity index (χ4n) is 2.45. The van der Waals surface area contributed by atoms with Crippen LogP contribution in [0.2, 0.25) is 0 Å². The molecule has 2 heteroatoms. The summed E-state index contributed by atoms with van der Waals surface area (Å²) in [5.41, 5.74) is 2.84. The van der Waals surface area contributed by atoms with Gasteiger partial charge in [0.1, 0.15) is 6.10 Å². The number of hydrogen-bond donors (Lipinski definition) is 1. The van der Waals surface area contributed by atoms with Crippen molar-refractivity contribution in [3.8, 4) is 0 Å². The van der Waals surface area contributed by atoms with Crippen LogP contribution in [0.25, 0.3) is 0 Å². The molecule has 0 bridgehead atoms. The van der Waals surface area contributed by atoms with Gasteiger partial charge in [-0.1, -0.05) is 37.6 Å². The summed E-state index contributed by atoms with van der Waals surface area (Å²) in [4.78, 5) is 0. The van der Waals surface area contributed by atoms with Crippen molar-refractivity contribution in [2.75, 3.05) is 7.11 Å². The van der Waals surface area contributed by atoms with Gasteiger partial charge in [0.05, 0.1) is 5.60 Å². The maximum atomic E-state index is 10.6. The van der Waals surface area contributed by atoms with Gasteiger partial charge in [-0.15, -0.1) is 0 Å². The SMILES string of the molecule is CCC(CC)(OC)C(O)c1ccc(C)cc1C. The maximum Gasteiger partial charge on any atom is 0.108 e. The van der Waals surface area contributed by atoms with E-state index >= 15 is 0 Å². The Balaban J connectivity index is 3.13. The molecule has 96 valence electrons. The number of rotatable bonds is 5. The van der Waals surface area contributed by atoms with E-state index in [-0.39, 0.29) is 0 Å². The third kappa shape index (κ3) is 2.70. The molecule has 0 amide bonds. The van der Waals surface area contributed by atoms with Crippen LogP contribution in [-0.4, -0.2) is 17.8 Å². The molecule has 0 spiro atoms. The Hall–Kier alpha value is -0.860. The molecule has 1 atom stereocenters. The molecule has 0 aromatic heterocycles. The largest absolute Gasteiger partial charge is 0.385 e. The Morgan fingerprint density at radius 1 is 1.24 bits per heavy atom. The summed E-state index contributed by atoms with van der Waals surface area (Å²) in [6.07, 6.45) is 1.03. The van der Waals surface area contributed by atoms with Crippen molar-refractivity contribution in [3.05, 3.63) is 34.9 Å². The molecule has 0 aliphatic heterocycles. The number of aryl methyl sites for hydroxylation is 2. The summed E-state index contributed by atoms with van der Waals surface area (Å²) in [7, 11) is 1.68. The lowest BCUT2D eigenvalue weighted by Crippen LogP contribution is -2.37. The first-order valence-electron chi connectivity index (χ1n) is 6.31. The summed E-state index contributed by atoms with van der Waals surface area (Å²) >= 11 is 0. The normalized spacial score (nSPS) is 13.8. The Kier molecular flexibility index (Phi) is 4.72. The van der Waals surface area contributed by atoms with Gasteiger partial charge in [-0.3, -0.25) is 0 Å². The van der Waals surface area contributed by atoms with E-state index in [1.54, 1.807) is 7.11 Å². The van der Waals surface area contributed by atoms with Gasteiger partial charge in [-0.2, -0.15) is 0 Å². The van der Waals surface area contributed by atoms with Crippen molar-refractivity contribution < 1.29 is 9.84 Å². The van der Waals surface area contributed by atoms with Gasteiger partial charge in [0.25, 0.3) is 0 Å². The lowest BCUT2D eigenvalue weighted by molar-refractivity contribution is -0.110. The van der Waals surface area contributed by atoms with Gasteiger partial charge in [-0.05, 0) is 37.8 Å². The third-order valence-electron chi connectivity index (χ3n) is 3.82. The monoisotopic (exact) mass is 236 g/mol. The molecule has 1 aromatic rings. The van der Waals surface area contributed by atoms with E-state index in [2.05, 4.69) is 26.8 Å². The Bertz CT molecular complexity index is 359. The molecule has 1 N–H and O–H groups in total. The summed E-state index contributed by atoms with van der Waals surface area (Å²) in [6.45, 7) is 8.21. The summed E-state index contributed by atoms with van der Waals surface area (Å²) in [6, 6.07) is 6.15. The highest BCUT2D eigenvalue weighted by atomic mass is 16.5. The smallest absolute Gasteiger partial charge is 0.108 e. The number of benzene rings is 1. The molecule has 1 aromatic carbocycles. The van der Waals surface area contributed by atoms with Gasteiger partial charge >= 0.3 is 0 Å². The van der Waals surface area contributed by atoms with Crippen LogP contribution in [0.15, 0.2) is 18.2 Å². The second-order valence-electron chi connectivity index (χ2n) is 4.74. The molecular formula is C15H24O2. The van der Waals surface area contributed by atoms with E-state index in [9.17, 15) is 5.11 Å². The van der Waals surface area contributed by atoms with Gasteiger partial charge in [0.15, 0.2) is 0 Å². The first kappa shape index (κ1) is 14.2. The third-order valence-corrected chi connectivity index (χ3v) is 3.82. The summed E-state index contributed by atoms with van der Waals surface area (Å²) in [5, 5.41) is 10.6. The minimum absolute atomic E-state index is 0.472. The van der Waals surface area contributed by atoms with Crippen LogP contribution in [0.4, 0.5) is 0 Å². The zero-order valence-electron chi connectivity index (χ0n) is 11.6. The molecule has 0 saturated carbocycles. The van der Waals surface area contributed by atoms with Crippen LogP contribution < -0.4 is 0 Å². The van der Waals surface area contributed by atoms with Crippen molar-refractivity contribution in [1.82, 2.24) is 0 Å². The average molecular weight is 236 g/mol. The molecule has 0 aliphatic rings. The van der Waals surface area contributed by atoms with E-state index < -0.39 is 11.7 Å². The lowest BCUT2D eigenvalue weighted by atomic mass is 9.84. The Morgan fingerprint density at radius 2 is 1.82 bits per heavy atom. The zero-order valence-corrected chi connectivity index (χ0v) is 11.6. The summed E-state index contributed by atoms with van der Waals surface area (Å²) < 4.78 is 5.59. The van der Waals surface area contributed by atoms with Crippen LogP contribution in [0.1, 0.15) is 49.5 Å². The van der Waals surface area contributed by atoms with Crippen LogP contribution in [0.3, 0.4) is 0 Å². The summed E-state index contributed by atoms with van der Waals surface area (Å²) in [5.74, 6) is 0. The number of aliphatic hydroxyl groups excluding tert-OH is 1. The van der Waals surface area contributed by atoms with Crippen molar-refractivity contribution >= 4 is 0 Å². The fraction of sp³-hybridized carbons (Fsp3) is 0.600. The first-order valence-corrected chi connectivity index (χ1v) is 6.31. The molecule has 17 heavy (non-hydrogen) atoms. The average Bonchev–Trinajstić information content (AvgIpc) is 2.32. The van der Waals surface area contributed by atoms with Crippen LogP contribution >= 0.6 is 0 Å². The molecule has 0 aliphatic carbocycles. The zero-order chi connectivity index (χ0) is 13.1.